The molecule has 0 radical (unpaired) electrons. The van der Waals surface area contributed by atoms with E-state index in [9.17, 15) is 18.0 Å². The highest BCUT2D eigenvalue weighted by Gasteiger charge is 2.35. The number of nitrogens with one attached hydrogen (secondary N) is 1. The summed E-state index contributed by atoms with van der Waals surface area (Å²) in [5.74, 6) is -0.488. The molecule has 3 aromatic heterocycles. The van der Waals surface area contributed by atoms with Crippen molar-refractivity contribution < 1.29 is 18.0 Å². The minimum Gasteiger partial charge on any atom is -0.322 e. The number of nitrogens with zero attached hydrogens (tertiary/aromatic N) is 6. The SMILES string of the molecule is CCn1cc(Cn2cc(NC(=O)C(C)n3nc(C(F)(F)F)cc3C)cn2)cn1. The first-order valence-corrected chi connectivity index (χ1v) is 8.65. The highest BCUT2D eigenvalue weighted by molar-refractivity contribution is 5.93. The van der Waals surface area contributed by atoms with Crippen molar-refractivity contribution in [3.63, 3.8) is 0 Å². The van der Waals surface area contributed by atoms with E-state index in [4.69, 9.17) is 0 Å². The highest BCUT2D eigenvalue weighted by atomic mass is 19.4. The molecule has 0 aliphatic carbocycles. The summed E-state index contributed by atoms with van der Waals surface area (Å²) < 4.78 is 42.9. The molecule has 11 heteroatoms. The third-order valence-corrected chi connectivity index (χ3v) is 4.22. The molecule has 0 aliphatic heterocycles. The number of alkyl halides is 3. The number of carbonyl (C=O) groups excluding carboxylic acids is 1. The summed E-state index contributed by atoms with van der Waals surface area (Å²) in [4.78, 5) is 12.4. The normalized spacial score (nSPS) is 12.9. The molecule has 1 unspecified atom stereocenters. The van der Waals surface area contributed by atoms with E-state index in [1.807, 2.05) is 13.1 Å². The topological polar surface area (TPSA) is 82.6 Å². The van der Waals surface area contributed by atoms with Crippen molar-refractivity contribution in [1.29, 1.82) is 0 Å². The quantitative estimate of drug-likeness (QED) is 0.696. The summed E-state index contributed by atoms with van der Waals surface area (Å²) in [5, 5.41) is 14.5. The summed E-state index contributed by atoms with van der Waals surface area (Å²) >= 11 is 0. The standard InChI is InChI=1S/C17H20F3N7O/c1-4-25-8-13(6-21-25)9-26-10-14(7-22-26)23-16(28)12(3)27-11(2)5-15(24-27)17(18,19)20/h5-8,10,12H,4,9H2,1-3H3,(H,23,28). The third kappa shape index (κ3) is 4.24. The van der Waals surface area contributed by atoms with Crippen molar-refractivity contribution in [2.75, 3.05) is 5.32 Å². The molecular weight excluding hydrogens is 375 g/mol. The van der Waals surface area contributed by atoms with Gasteiger partial charge in [-0.05, 0) is 26.8 Å². The molecule has 3 rings (SSSR count). The maximum atomic E-state index is 12.8. The molecule has 28 heavy (non-hydrogen) atoms. The van der Waals surface area contributed by atoms with E-state index in [1.54, 1.807) is 21.8 Å². The lowest BCUT2D eigenvalue weighted by atomic mass is 10.3. The van der Waals surface area contributed by atoms with E-state index in [0.29, 0.717) is 12.2 Å². The number of aromatic nitrogens is 6. The van der Waals surface area contributed by atoms with Gasteiger partial charge in [0.15, 0.2) is 5.69 Å². The Morgan fingerprint density at radius 1 is 1.21 bits per heavy atom. The van der Waals surface area contributed by atoms with E-state index in [2.05, 4.69) is 20.6 Å². The maximum Gasteiger partial charge on any atom is 0.435 e. The molecule has 0 saturated carbocycles. The van der Waals surface area contributed by atoms with Crippen LogP contribution >= 0.6 is 0 Å². The monoisotopic (exact) mass is 395 g/mol. The van der Waals surface area contributed by atoms with Crippen LogP contribution in [0.5, 0.6) is 0 Å². The van der Waals surface area contributed by atoms with E-state index < -0.39 is 23.8 Å². The number of amides is 1. The summed E-state index contributed by atoms with van der Waals surface area (Å²) in [6.45, 7) is 6.19. The Hall–Kier alpha value is -3.11. The van der Waals surface area contributed by atoms with Crippen LogP contribution in [0.3, 0.4) is 0 Å². The zero-order valence-electron chi connectivity index (χ0n) is 15.6. The van der Waals surface area contributed by atoms with Gasteiger partial charge in [-0.3, -0.25) is 18.8 Å². The van der Waals surface area contributed by atoms with Gasteiger partial charge in [0.2, 0.25) is 5.91 Å². The van der Waals surface area contributed by atoms with Gasteiger partial charge < -0.3 is 5.32 Å². The molecule has 1 N–H and O–H groups in total. The van der Waals surface area contributed by atoms with E-state index >= 15 is 0 Å². The fourth-order valence-corrected chi connectivity index (χ4v) is 2.74. The summed E-state index contributed by atoms with van der Waals surface area (Å²) in [5.41, 5.74) is 0.632. The maximum absolute atomic E-state index is 12.8. The van der Waals surface area contributed by atoms with Gasteiger partial charge in [-0.25, -0.2) is 0 Å². The zero-order chi connectivity index (χ0) is 20.5. The van der Waals surface area contributed by atoms with Crippen LogP contribution in [0.1, 0.15) is 36.8 Å². The van der Waals surface area contributed by atoms with Crippen LogP contribution in [0.4, 0.5) is 18.9 Å². The molecule has 150 valence electrons. The fraction of sp³-hybridized carbons (Fsp3) is 0.412. The Morgan fingerprint density at radius 3 is 2.54 bits per heavy atom. The van der Waals surface area contributed by atoms with Crippen LogP contribution in [-0.4, -0.2) is 35.2 Å². The van der Waals surface area contributed by atoms with Gasteiger partial charge in [0.1, 0.15) is 6.04 Å². The number of hydrogen-bond acceptors (Lipinski definition) is 4. The number of anilines is 1. The lowest BCUT2D eigenvalue weighted by Gasteiger charge is -2.13. The first kappa shape index (κ1) is 19.6. The van der Waals surface area contributed by atoms with Crippen LogP contribution < -0.4 is 5.32 Å². The summed E-state index contributed by atoms with van der Waals surface area (Å²) in [6.07, 6.45) is 2.21. The van der Waals surface area contributed by atoms with Crippen LogP contribution in [-0.2, 0) is 24.1 Å². The molecular formula is C17H20F3N7O. The van der Waals surface area contributed by atoms with E-state index in [-0.39, 0.29) is 5.69 Å². The third-order valence-electron chi connectivity index (χ3n) is 4.22. The van der Waals surface area contributed by atoms with Crippen molar-refractivity contribution in [3.05, 3.63) is 47.8 Å². The zero-order valence-corrected chi connectivity index (χ0v) is 15.6. The Balaban J connectivity index is 1.66. The van der Waals surface area contributed by atoms with Crippen molar-refractivity contribution in [1.82, 2.24) is 29.3 Å². The van der Waals surface area contributed by atoms with Crippen molar-refractivity contribution >= 4 is 11.6 Å². The molecule has 3 aromatic rings. The van der Waals surface area contributed by atoms with Crippen LogP contribution in [0, 0.1) is 6.92 Å². The molecule has 1 amide bonds. The second-order valence-electron chi connectivity index (χ2n) is 6.41. The van der Waals surface area contributed by atoms with Gasteiger partial charge >= 0.3 is 6.18 Å². The van der Waals surface area contributed by atoms with Gasteiger partial charge in [0.25, 0.3) is 0 Å². The van der Waals surface area contributed by atoms with Crippen molar-refractivity contribution in [2.45, 2.75) is 46.1 Å². The molecule has 8 nitrogen and oxygen atoms in total. The molecule has 0 aliphatic rings. The van der Waals surface area contributed by atoms with Gasteiger partial charge in [0, 0.05) is 30.2 Å². The van der Waals surface area contributed by atoms with E-state index in [1.165, 1.54) is 20.0 Å². The van der Waals surface area contributed by atoms with Crippen molar-refractivity contribution in [2.24, 2.45) is 0 Å². The number of aryl methyl sites for hydroxylation is 2. The van der Waals surface area contributed by atoms with Gasteiger partial charge in [-0.1, -0.05) is 0 Å². The Bertz CT molecular complexity index is 970. The Labute approximate surface area is 158 Å². The minimum atomic E-state index is -4.56. The molecule has 0 spiro atoms. The second-order valence-corrected chi connectivity index (χ2v) is 6.41. The largest absolute Gasteiger partial charge is 0.435 e. The predicted octanol–water partition coefficient (Wildman–Crippen LogP) is 2.87. The summed E-state index contributed by atoms with van der Waals surface area (Å²) in [7, 11) is 0. The first-order chi connectivity index (χ1) is 13.2. The van der Waals surface area contributed by atoms with Crippen molar-refractivity contribution in [3.8, 4) is 0 Å². The number of rotatable bonds is 6. The van der Waals surface area contributed by atoms with Crippen LogP contribution in [0.15, 0.2) is 30.9 Å². The number of halogens is 3. The summed E-state index contributed by atoms with van der Waals surface area (Å²) in [6, 6.07) is 0.000361. The van der Waals surface area contributed by atoms with Gasteiger partial charge in [-0.15, -0.1) is 0 Å². The molecule has 0 fully saturated rings. The highest BCUT2D eigenvalue weighted by Crippen LogP contribution is 2.29. The van der Waals surface area contributed by atoms with E-state index in [0.717, 1.165) is 22.9 Å². The average Bonchev–Trinajstić information content (AvgIpc) is 3.34. The lowest BCUT2D eigenvalue weighted by Crippen LogP contribution is -2.25. The predicted molar refractivity (Wildman–Crippen MR) is 94.5 cm³/mol. The Morgan fingerprint density at radius 2 is 1.93 bits per heavy atom. The number of carbonyl (C=O) groups is 1. The van der Waals surface area contributed by atoms with Crippen LogP contribution in [0.25, 0.3) is 0 Å². The first-order valence-electron chi connectivity index (χ1n) is 8.65. The second kappa shape index (κ2) is 7.49. The molecule has 0 saturated heterocycles. The molecule has 0 aromatic carbocycles. The smallest absolute Gasteiger partial charge is 0.322 e. The molecule has 3 heterocycles. The molecule has 1 atom stereocenters. The lowest BCUT2D eigenvalue weighted by molar-refractivity contribution is -0.141. The minimum absolute atomic E-state index is 0.249. The molecule has 0 bridgehead atoms. The Kier molecular flexibility index (Phi) is 5.25. The average molecular weight is 395 g/mol. The van der Waals surface area contributed by atoms with Gasteiger partial charge in [-0.2, -0.15) is 28.5 Å². The van der Waals surface area contributed by atoms with Crippen LogP contribution in [0.2, 0.25) is 0 Å². The number of hydrogen-bond donors (Lipinski definition) is 1. The fourth-order valence-electron chi connectivity index (χ4n) is 2.74. The van der Waals surface area contributed by atoms with Gasteiger partial charge in [0.05, 0.1) is 24.6 Å².